The van der Waals surface area contributed by atoms with Crippen molar-refractivity contribution >= 4 is 0 Å². The molecule has 0 N–H and O–H groups in total. The summed E-state index contributed by atoms with van der Waals surface area (Å²) in [7, 11) is 0. The van der Waals surface area contributed by atoms with E-state index in [2.05, 4.69) is 20.8 Å². The molecule has 0 spiro atoms. The molecule has 1 aliphatic heterocycles. The Morgan fingerprint density at radius 1 is 1.21 bits per heavy atom. The number of hydrogen-bond acceptors (Lipinski definition) is 2. The first-order valence-corrected chi connectivity index (χ1v) is 5.93. The SMILES string of the molecule is CCCCCC[C@@H]1OCCC(C)(C)O1. The maximum atomic E-state index is 5.83. The second-order valence-electron chi connectivity index (χ2n) is 4.78. The van der Waals surface area contributed by atoms with E-state index in [0.29, 0.717) is 0 Å². The fourth-order valence-electron chi connectivity index (χ4n) is 1.76. The van der Waals surface area contributed by atoms with Crippen molar-refractivity contribution in [1.82, 2.24) is 0 Å². The largest absolute Gasteiger partial charge is 0.353 e. The summed E-state index contributed by atoms with van der Waals surface area (Å²) in [4.78, 5) is 0. The average Bonchev–Trinajstić information content (AvgIpc) is 2.11. The molecule has 1 atom stereocenters. The third kappa shape index (κ3) is 4.43. The molecule has 0 aromatic rings. The van der Waals surface area contributed by atoms with Crippen LogP contribution >= 0.6 is 0 Å². The average molecular weight is 200 g/mol. The molecule has 0 aliphatic carbocycles. The van der Waals surface area contributed by atoms with Gasteiger partial charge in [0.1, 0.15) is 0 Å². The normalized spacial score (nSPS) is 26.4. The highest BCUT2D eigenvalue weighted by Gasteiger charge is 2.28. The second kappa shape index (κ2) is 5.72. The highest BCUT2D eigenvalue weighted by atomic mass is 16.7. The fraction of sp³-hybridized carbons (Fsp3) is 1.00. The van der Waals surface area contributed by atoms with Gasteiger partial charge in [0.2, 0.25) is 0 Å². The van der Waals surface area contributed by atoms with Gasteiger partial charge in [-0.2, -0.15) is 0 Å². The first-order chi connectivity index (χ1) is 6.64. The van der Waals surface area contributed by atoms with E-state index in [1.54, 1.807) is 0 Å². The third-order valence-electron chi connectivity index (χ3n) is 2.75. The van der Waals surface area contributed by atoms with E-state index in [4.69, 9.17) is 9.47 Å². The van der Waals surface area contributed by atoms with Crippen LogP contribution in [0.5, 0.6) is 0 Å². The van der Waals surface area contributed by atoms with Crippen LogP contribution in [0.25, 0.3) is 0 Å². The zero-order valence-corrected chi connectivity index (χ0v) is 9.84. The topological polar surface area (TPSA) is 18.5 Å². The molecule has 1 aliphatic rings. The predicted octanol–water partition coefficient (Wildman–Crippen LogP) is 3.50. The lowest BCUT2D eigenvalue weighted by molar-refractivity contribution is -0.247. The summed E-state index contributed by atoms with van der Waals surface area (Å²) < 4.78 is 11.4. The second-order valence-corrected chi connectivity index (χ2v) is 4.78. The van der Waals surface area contributed by atoms with Crippen molar-refractivity contribution in [2.24, 2.45) is 0 Å². The van der Waals surface area contributed by atoms with Gasteiger partial charge in [-0.05, 0) is 33.1 Å². The Hall–Kier alpha value is -0.0800. The van der Waals surface area contributed by atoms with Gasteiger partial charge in [0, 0.05) is 0 Å². The van der Waals surface area contributed by atoms with E-state index >= 15 is 0 Å². The number of hydrogen-bond donors (Lipinski definition) is 0. The van der Waals surface area contributed by atoms with Gasteiger partial charge in [0.05, 0.1) is 12.2 Å². The summed E-state index contributed by atoms with van der Waals surface area (Å²) in [5.41, 5.74) is 0.0215. The summed E-state index contributed by atoms with van der Waals surface area (Å²) in [6, 6.07) is 0. The smallest absolute Gasteiger partial charge is 0.158 e. The van der Waals surface area contributed by atoms with Crippen LogP contribution in [0.2, 0.25) is 0 Å². The van der Waals surface area contributed by atoms with Crippen molar-refractivity contribution in [2.45, 2.75) is 71.2 Å². The number of ether oxygens (including phenoxy) is 2. The lowest BCUT2D eigenvalue weighted by Crippen LogP contribution is -2.38. The van der Waals surface area contributed by atoms with Crippen LogP contribution < -0.4 is 0 Å². The molecule has 0 aromatic heterocycles. The Labute approximate surface area is 88.0 Å². The summed E-state index contributed by atoms with van der Waals surface area (Å²) in [6.45, 7) is 7.38. The van der Waals surface area contributed by atoms with Gasteiger partial charge in [0.15, 0.2) is 6.29 Å². The van der Waals surface area contributed by atoms with Crippen molar-refractivity contribution in [3.8, 4) is 0 Å². The van der Waals surface area contributed by atoms with Crippen LogP contribution in [0, 0.1) is 0 Å². The first kappa shape index (κ1) is 12.0. The van der Waals surface area contributed by atoms with Crippen LogP contribution in [-0.2, 0) is 9.47 Å². The molecular weight excluding hydrogens is 176 g/mol. The highest BCUT2D eigenvalue weighted by molar-refractivity contribution is 4.72. The Morgan fingerprint density at radius 2 is 2.00 bits per heavy atom. The molecule has 84 valence electrons. The molecular formula is C12H24O2. The first-order valence-electron chi connectivity index (χ1n) is 5.93. The molecule has 0 aromatic carbocycles. The van der Waals surface area contributed by atoms with Crippen molar-refractivity contribution in [2.75, 3.05) is 6.61 Å². The maximum Gasteiger partial charge on any atom is 0.158 e. The Balaban J connectivity index is 2.12. The van der Waals surface area contributed by atoms with Gasteiger partial charge in [0.25, 0.3) is 0 Å². The molecule has 0 radical (unpaired) electrons. The van der Waals surface area contributed by atoms with E-state index in [0.717, 1.165) is 19.4 Å². The molecule has 2 nitrogen and oxygen atoms in total. The minimum Gasteiger partial charge on any atom is -0.353 e. The highest BCUT2D eigenvalue weighted by Crippen LogP contribution is 2.25. The number of unbranched alkanes of at least 4 members (excludes halogenated alkanes) is 3. The Bertz CT molecular complexity index is 154. The summed E-state index contributed by atoms with van der Waals surface area (Å²) >= 11 is 0. The quantitative estimate of drug-likeness (QED) is 0.632. The maximum absolute atomic E-state index is 5.83. The standard InChI is InChI=1S/C12H24O2/c1-4-5-6-7-8-11-13-10-9-12(2,3)14-11/h11H,4-10H2,1-3H3/t11-/m1/s1. The molecule has 0 saturated carbocycles. The minimum absolute atomic E-state index is 0.0215. The van der Waals surface area contributed by atoms with E-state index in [9.17, 15) is 0 Å². The van der Waals surface area contributed by atoms with Gasteiger partial charge in [-0.3, -0.25) is 0 Å². The molecule has 1 rings (SSSR count). The monoisotopic (exact) mass is 200 g/mol. The van der Waals surface area contributed by atoms with Crippen LogP contribution in [0.4, 0.5) is 0 Å². The summed E-state index contributed by atoms with van der Waals surface area (Å²) in [5, 5.41) is 0. The van der Waals surface area contributed by atoms with Gasteiger partial charge in [-0.1, -0.05) is 26.2 Å². The van der Waals surface area contributed by atoms with Gasteiger partial charge < -0.3 is 9.47 Å². The van der Waals surface area contributed by atoms with Crippen LogP contribution in [-0.4, -0.2) is 18.5 Å². The molecule has 1 fully saturated rings. The van der Waals surface area contributed by atoms with Gasteiger partial charge in [-0.25, -0.2) is 0 Å². The number of rotatable bonds is 5. The predicted molar refractivity (Wildman–Crippen MR) is 58.3 cm³/mol. The van der Waals surface area contributed by atoms with Crippen LogP contribution in [0.3, 0.4) is 0 Å². The molecule has 0 amide bonds. The zero-order valence-electron chi connectivity index (χ0n) is 9.84. The molecule has 2 heteroatoms. The fourth-order valence-corrected chi connectivity index (χ4v) is 1.76. The van der Waals surface area contributed by atoms with Crippen molar-refractivity contribution < 1.29 is 9.47 Å². The summed E-state index contributed by atoms with van der Waals surface area (Å²) in [5.74, 6) is 0. The molecule has 0 unspecified atom stereocenters. The van der Waals surface area contributed by atoms with Crippen molar-refractivity contribution in [3.63, 3.8) is 0 Å². The van der Waals surface area contributed by atoms with E-state index in [1.807, 2.05) is 0 Å². The minimum atomic E-state index is 0.0215. The summed E-state index contributed by atoms with van der Waals surface area (Å²) in [6.07, 6.45) is 7.28. The molecule has 1 saturated heterocycles. The Morgan fingerprint density at radius 3 is 2.64 bits per heavy atom. The van der Waals surface area contributed by atoms with Crippen LogP contribution in [0.15, 0.2) is 0 Å². The van der Waals surface area contributed by atoms with E-state index < -0.39 is 0 Å². The van der Waals surface area contributed by atoms with Crippen molar-refractivity contribution in [3.05, 3.63) is 0 Å². The lowest BCUT2D eigenvalue weighted by Gasteiger charge is -2.36. The van der Waals surface area contributed by atoms with Gasteiger partial charge in [-0.15, -0.1) is 0 Å². The van der Waals surface area contributed by atoms with E-state index in [-0.39, 0.29) is 11.9 Å². The Kier molecular flexibility index (Phi) is 4.90. The third-order valence-corrected chi connectivity index (χ3v) is 2.75. The lowest BCUT2D eigenvalue weighted by atomic mass is 10.0. The van der Waals surface area contributed by atoms with Gasteiger partial charge >= 0.3 is 0 Å². The molecule has 1 heterocycles. The molecule has 0 bridgehead atoms. The molecule has 14 heavy (non-hydrogen) atoms. The van der Waals surface area contributed by atoms with E-state index in [1.165, 1.54) is 25.7 Å². The van der Waals surface area contributed by atoms with Crippen molar-refractivity contribution in [1.29, 1.82) is 0 Å². The zero-order chi connectivity index (χ0) is 10.4. The van der Waals surface area contributed by atoms with Crippen LogP contribution in [0.1, 0.15) is 59.3 Å².